The van der Waals surface area contributed by atoms with E-state index in [0.29, 0.717) is 35.6 Å². The van der Waals surface area contributed by atoms with Crippen LogP contribution < -0.4 is 15.0 Å². The summed E-state index contributed by atoms with van der Waals surface area (Å²) in [7, 11) is 5.87. The summed E-state index contributed by atoms with van der Waals surface area (Å²) < 4.78 is 35.4. The molecule has 0 radical (unpaired) electrons. The number of halogens is 2. The molecule has 184 valence electrons. The number of aromatic nitrogens is 5. The van der Waals surface area contributed by atoms with E-state index in [-0.39, 0.29) is 22.7 Å². The average molecular weight is 483 g/mol. The van der Waals surface area contributed by atoms with E-state index in [9.17, 15) is 4.39 Å². The van der Waals surface area contributed by atoms with Gasteiger partial charge in [-0.25, -0.2) is 8.78 Å². The highest BCUT2D eigenvalue weighted by molar-refractivity contribution is 5.83. The highest BCUT2D eigenvalue weighted by Gasteiger charge is 2.25. The van der Waals surface area contributed by atoms with Crippen molar-refractivity contribution in [2.45, 2.75) is 25.7 Å². The molecule has 0 bridgehead atoms. The van der Waals surface area contributed by atoms with Crippen molar-refractivity contribution in [2.24, 2.45) is 0 Å². The average Bonchev–Trinajstić information content (AvgIpc) is 3.43. The molecule has 11 heteroatoms. The van der Waals surface area contributed by atoms with Crippen molar-refractivity contribution in [3.63, 3.8) is 0 Å². The second kappa shape index (κ2) is 9.14. The van der Waals surface area contributed by atoms with Gasteiger partial charge < -0.3 is 24.8 Å². The quantitative estimate of drug-likeness (QED) is 0.319. The third-order valence-electron chi connectivity index (χ3n) is 5.94. The lowest BCUT2D eigenvalue weighted by atomic mass is 10.2. The Morgan fingerprint density at radius 2 is 1.86 bits per heavy atom. The maximum absolute atomic E-state index is 15.1. The predicted octanol–water partition coefficient (Wildman–Crippen LogP) is 4.68. The van der Waals surface area contributed by atoms with Gasteiger partial charge in [0.25, 0.3) is 0 Å². The van der Waals surface area contributed by atoms with Crippen LogP contribution in [-0.4, -0.2) is 64.3 Å². The van der Waals surface area contributed by atoms with Crippen LogP contribution >= 0.6 is 0 Å². The maximum Gasteiger partial charge on any atom is 0.326 e. The second-order valence-corrected chi connectivity index (χ2v) is 9.24. The van der Waals surface area contributed by atoms with Crippen molar-refractivity contribution in [3.8, 4) is 11.8 Å². The fourth-order valence-electron chi connectivity index (χ4n) is 3.82. The van der Waals surface area contributed by atoms with Crippen molar-refractivity contribution < 1.29 is 13.5 Å². The molecule has 0 spiro atoms. The largest absolute Gasteiger partial charge is 0.421 e. The molecule has 35 heavy (non-hydrogen) atoms. The van der Waals surface area contributed by atoms with Crippen LogP contribution in [-0.2, 0) is 0 Å². The zero-order valence-electron chi connectivity index (χ0n) is 20.1. The van der Waals surface area contributed by atoms with Gasteiger partial charge in [-0.1, -0.05) is 0 Å². The van der Waals surface area contributed by atoms with Gasteiger partial charge in [-0.15, -0.1) is 0 Å². The Hall–Kier alpha value is -3.73. The SMILES string of the molecule is Cc1cc2c(F)c(Oc3nc(Nc4cc(C5CC5)[nH]n4)cc(N(C)CCN(C)C)n3)cc(F)c2[nH]1. The van der Waals surface area contributed by atoms with E-state index >= 15 is 4.39 Å². The molecule has 9 nitrogen and oxygen atoms in total. The fraction of sp³-hybridized carbons (Fsp3) is 0.375. The Balaban J connectivity index is 1.47. The number of ether oxygens (including phenoxy) is 1. The van der Waals surface area contributed by atoms with Crippen LogP contribution in [0.15, 0.2) is 24.3 Å². The van der Waals surface area contributed by atoms with E-state index < -0.39 is 11.6 Å². The zero-order chi connectivity index (χ0) is 24.7. The van der Waals surface area contributed by atoms with Crippen LogP contribution in [0.25, 0.3) is 10.9 Å². The normalized spacial score (nSPS) is 13.6. The van der Waals surface area contributed by atoms with Gasteiger partial charge in [0.05, 0.1) is 5.52 Å². The smallest absolute Gasteiger partial charge is 0.326 e. The first-order valence-electron chi connectivity index (χ1n) is 11.5. The summed E-state index contributed by atoms with van der Waals surface area (Å²) in [5.41, 5.74) is 1.82. The van der Waals surface area contributed by atoms with Crippen molar-refractivity contribution in [3.05, 3.63) is 47.3 Å². The zero-order valence-corrected chi connectivity index (χ0v) is 20.1. The van der Waals surface area contributed by atoms with Crippen LogP contribution in [0.5, 0.6) is 11.8 Å². The first-order valence-corrected chi connectivity index (χ1v) is 11.5. The molecule has 5 rings (SSSR count). The van der Waals surface area contributed by atoms with E-state index in [1.807, 2.05) is 32.1 Å². The molecule has 1 saturated carbocycles. The monoisotopic (exact) mass is 482 g/mol. The molecular formula is C24H28F2N8O. The number of H-pyrrole nitrogens is 2. The van der Waals surface area contributed by atoms with Gasteiger partial charge in [0.15, 0.2) is 23.2 Å². The minimum Gasteiger partial charge on any atom is -0.421 e. The number of likely N-dealkylation sites (N-methyl/N-ethyl adjacent to an activating group) is 2. The van der Waals surface area contributed by atoms with E-state index in [0.717, 1.165) is 31.1 Å². The van der Waals surface area contributed by atoms with Gasteiger partial charge in [0.2, 0.25) is 0 Å². The Morgan fingerprint density at radius 1 is 1.06 bits per heavy atom. The lowest BCUT2D eigenvalue weighted by Gasteiger charge is -2.21. The molecule has 1 aliphatic rings. The maximum atomic E-state index is 15.1. The Bertz CT molecular complexity index is 1360. The highest BCUT2D eigenvalue weighted by atomic mass is 19.1. The molecule has 3 heterocycles. The van der Waals surface area contributed by atoms with Crippen molar-refractivity contribution in [1.29, 1.82) is 0 Å². The molecule has 3 N–H and O–H groups in total. The molecule has 1 aliphatic carbocycles. The van der Waals surface area contributed by atoms with Gasteiger partial charge in [-0.3, -0.25) is 5.10 Å². The fourth-order valence-corrected chi connectivity index (χ4v) is 3.82. The summed E-state index contributed by atoms with van der Waals surface area (Å²) in [6.07, 6.45) is 2.31. The number of anilines is 3. The van der Waals surface area contributed by atoms with Crippen LogP contribution in [0.3, 0.4) is 0 Å². The summed E-state index contributed by atoms with van der Waals surface area (Å²) in [6, 6.07) is 6.15. The summed E-state index contributed by atoms with van der Waals surface area (Å²) in [4.78, 5) is 15.7. The third kappa shape index (κ3) is 5.04. The standard InChI is InChI=1S/C24H28F2N8O/c1-13-9-15-22(26)18(10-16(25)23(15)27-13)35-24-29-19(12-21(30-24)34(4)8-7-33(2)3)28-20-11-17(31-32-20)14-5-6-14/h9-12,14,27H,5-8H2,1-4H3,(H2,28,29,30,31,32). The van der Waals surface area contributed by atoms with Gasteiger partial charge in [0.1, 0.15) is 11.6 Å². The molecule has 0 amide bonds. The van der Waals surface area contributed by atoms with Gasteiger partial charge in [0, 0.05) is 61.0 Å². The number of aryl methyl sites for hydroxylation is 1. The molecule has 1 fully saturated rings. The number of hydrogen-bond donors (Lipinski definition) is 3. The van der Waals surface area contributed by atoms with E-state index in [1.165, 1.54) is 6.07 Å². The molecule has 0 saturated heterocycles. The number of fused-ring (bicyclic) bond motifs is 1. The molecule has 3 aromatic heterocycles. The van der Waals surface area contributed by atoms with E-state index in [1.54, 1.807) is 13.0 Å². The van der Waals surface area contributed by atoms with E-state index in [2.05, 4.69) is 35.4 Å². The molecule has 0 aliphatic heterocycles. The highest BCUT2D eigenvalue weighted by Crippen LogP contribution is 2.40. The van der Waals surface area contributed by atoms with Crippen LogP contribution in [0.2, 0.25) is 0 Å². The van der Waals surface area contributed by atoms with Crippen molar-refractivity contribution in [1.82, 2.24) is 30.0 Å². The van der Waals surface area contributed by atoms with Crippen LogP contribution in [0.4, 0.5) is 26.2 Å². The van der Waals surface area contributed by atoms with Crippen LogP contribution in [0.1, 0.15) is 30.1 Å². The number of benzene rings is 1. The summed E-state index contributed by atoms with van der Waals surface area (Å²) in [5, 5.41) is 10.6. The van der Waals surface area contributed by atoms with Crippen LogP contribution in [0, 0.1) is 18.6 Å². The van der Waals surface area contributed by atoms with Gasteiger partial charge >= 0.3 is 6.01 Å². The molecule has 0 atom stereocenters. The molecular weight excluding hydrogens is 454 g/mol. The first-order chi connectivity index (χ1) is 16.8. The number of hydrogen-bond acceptors (Lipinski definition) is 7. The first kappa shape index (κ1) is 23.0. The summed E-state index contributed by atoms with van der Waals surface area (Å²) in [6.45, 7) is 3.22. The minimum atomic E-state index is -0.684. The number of rotatable bonds is 9. The second-order valence-electron chi connectivity index (χ2n) is 9.24. The molecule has 0 unspecified atom stereocenters. The third-order valence-corrected chi connectivity index (χ3v) is 5.94. The van der Waals surface area contributed by atoms with Gasteiger partial charge in [-0.05, 0) is 39.9 Å². The topological polar surface area (TPSA) is 98.0 Å². The number of nitrogens with one attached hydrogen (secondary N) is 3. The Labute approximate surface area is 201 Å². The number of nitrogens with zero attached hydrogens (tertiary/aromatic N) is 5. The molecule has 4 aromatic rings. The number of aromatic amines is 2. The van der Waals surface area contributed by atoms with Crippen molar-refractivity contribution >= 4 is 28.4 Å². The van der Waals surface area contributed by atoms with Gasteiger partial charge in [-0.2, -0.15) is 15.1 Å². The lowest BCUT2D eigenvalue weighted by Crippen LogP contribution is -2.29. The Kier molecular flexibility index (Phi) is 6.01. The Morgan fingerprint density at radius 3 is 2.60 bits per heavy atom. The molecule has 1 aromatic carbocycles. The summed E-state index contributed by atoms with van der Waals surface area (Å²) >= 11 is 0. The minimum absolute atomic E-state index is 0.0952. The lowest BCUT2D eigenvalue weighted by molar-refractivity contribution is 0.407. The van der Waals surface area contributed by atoms with E-state index in [4.69, 9.17) is 4.74 Å². The summed E-state index contributed by atoms with van der Waals surface area (Å²) in [5.74, 6) is 0.540. The predicted molar refractivity (Wildman–Crippen MR) is 131 cm³/mol. The van der Waals surface area contributed by atoms with Crippen molar-refractivity contribution in [2.75, 3.05) is 44.4 Å².